The Kier molecular flexibility index (Phi) is 6.07. The molecule has 0 fully saturated rings. The van der Waals surface area contributed by atoms with E-state index in [0.717, 1.165) is 12.3 Å². The van der Waals surface area contributed by atoms with Gasteiger partial charge in [-0.1, -0.05) is 6.07 Å². The van der Waals surface area contributed by atoms with Gasteiger partial charge in [0.05, 0.1) is 30.5 Å². The van der Waals surface area contributed by atoms with E-state index in [-0.39, 0.29) is 18.6 Å². The van der Waals surface area contributed by atoms with Crippen molar-refractivity contribution >= 4 is 28.7 Å². The minimum atomic E-state index is -4.78. The van der Waals surface area contributed by atoms with Gasteiger partial charge in [-0.25, -0.2) is 9.37 Å². The molecular weight excluding hydrogens is 362 g/mol. The van der Waals surface area contributed by atoms with Gasteiger partial charge < -0.3 is 4.74 Å². The second-order valence-corrected chi connectivity index (χ2v) is 5.59. The zero-order valence-corrected chi connectivity index (χ0v) is 13.7. The smallest absolute Gasteiger partial charge is 0.419 e. The highest BCUT2D eigenvalue weighted by atomic mass is 32.1. The molecule has 0 bridgehead atoms. The Hall–Kier alpha value is -2.49. The van der Waals surface area contributed by atoms with Gasteiger partial charge in [-0.15, -0.1) is 11.3 Å². The normalized spacial score (nSPS) is 11.7. The number of nitrogens with one attached hydrogen (secondary N) is 1. The first-order valence-corrected chi connectivity index (χ1v) is 7.93. The largest absolute Gasteiger partial charge is 0.466 e. The maximum atomic E-state index is 13.2. The summed E-state index contributed by atoms with van der Waals surface area (Å²) < 4.78 is 55.9. The van der Waals surface area contributed by atoms with E-state index in [1.54, 1.807) is 12.3 Å². The lowest BCUT2D eigenvalue weighted by molar-refractivity contribution is -0.142. The molecule has 0 saturated heterocycles. The summed E-state index contributed by atoms with van der Waals surface area (Å²) in [6.07, 6.45) is -3.65. The molecule has 1 N–H and O–H groups in total. The van der Waals surface area contributed by atoms with E-state index in [1.165, 1.54) is 17.4 Å². The molecule has 0 saturated carbocycles. The Morgan fingerprint density at radius 2 is 2.20 bits per heavy atom. The van der Waals surface area contributed by atoms with Gasteiger partial charge in [0.15, 0.2) is 0 Å². The third-order valence-electron chi connectivity index (χ3n) is 2.85. The van der Waals surface area contributed by atoms with Crippen LogP contribution >= 0.6 is 11.3 Å². The van der Waals surface area contributed by atoms with Crippen molar-refractivity contribution < 1.29 is 27.1 Å². The van der Waals surface area contributed by atoms with Gasteiger partial charge >= 0.3 is 12.1 Å². The van der Waals surface area contributed by atoms with Crippen LogP contribution in [0.5, 0.6) is 0 Å². The number of hydrazone groups is 1. The van der Waals surface area contributed by atoms with Gasteiger partial charge in [0.2, 0.25) is 5.13 Å². The number of hydrogen-bond acceptors (Lipinski definition) is 6. The minimum Gasteiger partial charge on any atom is -0.466 e. The average Bonchev–Trinajstić information content (AvgIpc) is 2.95. The maximum absolute atomic E-state index is 13.2. The van der Waals surface area contributed by atoms with Crippen LogP contribution in [0.25, 0.3) is 0 Å². The molecule has 0 amide bonds. The number of hydrogen-bond donors (Lipinski definition) is 1. The van der Waals surface area contributed by atoms with Crippen LogP contribution in [0.4, 0.5) is 22.7 Å². The van der Waals surface area contributed by atoms with Crippen LogP contribution < -0.4 is 5.43 Å². The molecule has 2 aromatic rings. The monoisotopic (exact) mass is 375 g/mol. The fraction of sp³-hybridized carbons (Fsp3) is 0.267. The van der Waals surface area contributed by atoms with Crippen molar-refractivity contribution in [2.24, 2.45) is 5.10 Å². The fourth-order valence-electron chi connectivity index (χ4n) is 1.80. The van der Waals surface area contributed by atoms with Crippen molar-refractivity contribution in [2.75, 3.05) is 12.0 Å². The van der Waals surface area contributed by atoms with Crippen LogP contribution in [0, 0.1) is 5.82 Å². The van der Waals surface area contributed by atoms with Crippen LogP contribution in [-0.4, -0.2) is 23.8 Å². The first-order chi connectivity index (χ1) is 11.8. The number of esters is 1. The number of aromatic nitrogens is 1. The van der Waals surface area contributed by atoms with E-state index in [2.05, 4.69) is 15.5 Å². The highest BCUT2D eigenvalue weighted by molar-refractivity contribution is 7.13. The van der Waals surface area contributed by atoms with Crippen molar-refractivity contribution in [3.63, 3.8) is 0 Å². The number of carbonyl (C=O) groups is 1. The third-order valence-corrected chi connectivity index (χ3v) is 3.65. The number of benzene rings is 1. The minimum absolute atomic E-state index is 0.0165. The summed E-state index contributed by atoms with van der Waals surface area (Å²) >= 11 is 1.17. The second kappa shape index (κ2) is 8.06. The fourth-order valence-corrected chi connectivity index (χ4v) is 2.46. The highest BCUT2D eigenvalue weighted by Gasteiger charge is 2.34. The average molecular weight is 375 g/mol. The van der Waals surface area contributed by atoms with E-state index in [0.29, 0.717) is 16.9 Å². The third kappa shape index (κ3) is 5.52. The molecule has 0 aliphatic heterocycles. The van der Waals surface area contributed by atoms with Crippen LogP contribution in [0.15, 0.2) is 28.7 Å². The number of carbonyl (C=O) groups excluding carboxylic acids is 1. The standard InChI is InChI=1S/C15H13F4N3O2S/c1-2-24-13(23)6-10-8-25-14(21-10)22-20-7-9-3-4-12(16)11(5-9)15(17,18)19/h3-5,7-8H,2,6H2,1H3,(H,21,22). The number of anilines is 1. The van der Waals surface area contributed by atoms with Crippen LogP contribution in [0.3, 0.4) is 0 Å². The van der Waals surface area contributed by atoms with E-state index in [1.807, 2.05) is 0 Å². The molecule has 1 aromatic heterocycles. The molecule has 0 atom stereocenters. The molecule has 1 aromatic carbocycles. The van der Waals surface area contributed by atoms with Crippen molar-refractivity contribution in [2.45, 2.75) is 19.5 Å². The van der Waals surface area contributed by atoms with E-state index in [9.17, 15) is 22.4 Å². The molecule has 0 aliphatic carbocycles. The first-order valence-electron chi connectivity index (χ1n) is 7.05. The van der Waals surface area contributed by atoms with Crippen molar-refractivity contribution in [3.05, 3.63) is 46.2 Å². The molecule has 10 heteroatoms. The number of ether oxygens (including phenoxy) is 1. The summed E-state index contributed by atoms with van der Waals surface area (Å²) in [6.45, 7) is 1.97. The lowest BCUT2D eigenvalue weighted by Gasteiger charge is -2.08. The molecule has 0 aliphatic rings. The first kappa shape index (κ1) is 18.8. The van der Waals surface area contributed by atoms with E-state index in [4.69, 9.17) is 4.74 Å². The molecule has 5 nitrogen and oxygen atoms in total. The lowest BCUT2D eigenvalue weighted by atomic mass is 10.1. The topological polar surface area (TPSA) is 63.6 Å². The summed E-state index contributed by atoms with van der Waals surface area (Å²) in [5.41, 5.74) is 1.74. The predicted octanol–water partition coefficient (Wildman–Crippen LogP) is 3.85. The Labute approximate surface area is 144 Å². The summed E-state index contributed by atoms with van der Waals surface area (Å²) in [5.74, 6) is -1.75. The van der Waals surface area contributed by atoms with Crippen LogP contribution in [0.2, 0.25) is 0 Å². The zero-order valence-electron chi connectivity index (χ0n) is 12.9. The Morgan fingerprint density at radius 3 is 2.88 bits per heavy atom. The van der Waals surface area contributed by atoms with Gasteiger partial charge in [0.1, 0.15) is 5.82 Å². The van der Waals surface area contributed by atoms with Crippen molar-refractivity contribution in [1.29, 1.82) is 0 Å². The van der Waals surface area contributed by atoms with Gasteiger partial charge in [-0.2, -0.15) is 18.3 Å². The molecule has 0 radical (unpaired) electrons. The maximum Gasteiger partial charge on any atom is 0.419 e. The van der Waals surface area contributed by atoms with E-state index >= 15 is 0 Å². The van der Waals surface area contributed by atoms with Gasteiger partial charge in [-0.3, -0.25) is 10.2 Å². The lowest BCUT2D eigenvalue weighted by Crippen LogP contribution is -2.08. The molecule has 0 spiro atoms. The Balaban J connectivity index is 2.00. The SMILES string of the molecule is CCOC(=O)Cc1csc(NN=Cc2ccc(F)c(C(F)(F)F)c2)n1. The van der Waals surface area contributed by atoms with Gasteiger partial charge in [0.25, 0.3) is 0 Å². The van der Waals surface area contributed by atoms with E-state index < -0.39 is 23.5 Å². The van der Waals surface area contributed by atoms with Crippen LogP contribution in [0.1, 0.15) is 23.7 Å². The Bertz CT molecular complexity index is 774. The predicted molar refractivity (Wildman–Crippen MR) is 85.1 cm³/mol. The summed E-state index contributed by atoms with van der Waals surface area (Å²) in [5, 5.41) is 5.75. The quantitative estimate of drug-likeness (QED) is 0.361. The van der Waals surface area contributed by atoms with Gasteiger partial charge in [0, 0.05) is 5.38 Å². The summed E-state index contributed by atoms with van der Waals surface area (Å²) in [7, 11) is 0. The number of nitrogens with zero attached hydrogens (tertiary/aromatic N) is 2. The number of thiazole rings is 1. The summed E-state index contributed by atoms with van der Waals surface area (Å²) in [4.78, 5) is 15.4. The van der Waals surface area contributed by atoms with Crippen molar-refractivity contribution in [1.82, 2.24) is 4.98 Å². The Morgan fingerprint density at radius 1 is 1.44 bits per heavy atom. The number of alkyl halides is 3. The molecule has 134 valence electrons. The molecule has 1 heterocycles. The number of rotatable bonds is 6. The molecular formula is C15H13F4N3O2S. The molecule has 0 unspecified atom stereocenters. The highest BCUT2D eigenvalue weighted by Crippen LogP contribution is 2.31. The zero-order chi connectivity index (χ0) is 18.4. The molecule has 2 rings (SSSR count). The number of halogens is 4. The summed E-state index contributed by atoms with van der Waals surface area (Å²) in [6, 6.07) is 2.56. The van der Waals surface area contributed by atoms with Gasteiger partial charge in [-0.05, 0) is 24.6 Å². The van der Waals surface area contributed by atoms with Crippen LogP contribution in [-0.2, 0) is 22.1 Å². The molecule has 25 heavy (non-hydrogen) atoms. The van der Waals surface area contributed by atoms with Crippen molar-refractivity contribution in [3.8, 4) is 0 Å². The second-order valence-electron chi connectivity index (χ2n) is 4.73.